The minimum atomic E-state index is -0.868. The lowest BCUT2D eigenvalue weighted by atomic mass is 9.86. The minimum Gasteiger partial charge on any atom is -0.323 e. The molecule has 0 aliphatic carbocycles. The molecular formula is C80H96N24O12S4. The average Bonchev–Trinajstić information content (AvgIpc) is 1.62. The standard InChI is InChI=1S/4C20H24N6O3S/c2*1-12-10-15(4-7-21-12)26-17(28)20(24-19(26)29)5-8-25(9-6-20)13(2)16-11-22-18(30-16)23-14(3)27;2*1-12-4-5-15(10-21-12)26-17(28)20(24-19(26)29)6-8-25(9-7-20)13(2)16-11-22-18(30-16)23-14(3)27/h2*4,7,10-11,13H,5-6,8-9H2,1-3H3,(H,24,29)(H,22,23,27);2*4-5,10-11,13H,6-9H2,1-3H3,(H,24,29)(H,22,23,27)/t4*13-/m1010/s1. The third-order valence-electron chi connectivity index (χ3n) is 22.9. The van der Waals surface area contributed by atoms with Crippen LogP contribution in [0.4, 0.5) is 62.5 Å². The van der Waals surface area contributed by atoms with E-state index in [-0.39, 0.29) is 83.5 Å². The van der Waals surface area contributed by atoms with Crippen LogP contribution in [-0.4, -0.2) is 205 Å². The average molecular weight is 1710 g/mol. The second-order valence-electron chi connectivity index (χ2n) is 31.1. The maximum absolute atomic E-state index is 13.2. The van der Waals surface area contributed by atoms with Crippen molar-refractivity contribution in [3.63, 3.8) is 0 Å². The number of rotatable bonds is 16. The van der Waals surface area contributed by atoms with Crippen LogP contribution in [0, 0.1) is 27.7 Å². The first-order valence-electron chi connectivity index (χ1n) is 39.4. The van der Waals surface area contributed by atoms with Crippen molar-refractivity contribution in [3.8, 4) is 0 Å². The summed E-state index contributed by atoms with van der Waals surface area (Å²) in [5, 5.41) is 24.9. The summed E-state index contributed by atoms with van der Waals surface area (Å²) in [5.74, 6) is -1.40. The van der Waals surface area contributed by atoms with Gasteiger partial charge in [-0.05, 0) is 155 Å². The predicted octanol–water partition coefficient (Wildman–Crippen LogP) is 9.83. The minimum absolute atomic E-state index is 0.104. The van der Waals surface area contributed by atoms with Gasteiger partial charge in [-0.1, -0.05) is 0 Å². The summed E-state index contributed by atoms with van der Waals surface area (Å²) in [7, 11) is 0. The van der Waals surface area contributed by atoms with Crippen LogP contribution in [0.5, 0.6) is 0 Å². The van der Waals surface area contributed by atoms with Crippen molar-refractivity contribution in [2.24, 2.45) is 0 Å². The molecule has 4 atom stereocenters. The lowest BCUT2D eigenvalue weighted by molar-refractivity contribution is -0.124. The molecule has 16 rings (SSSR count). The fourth-order valence-electron chi connectivity index (χ4n) is 15.9. The zero-order valence-corrected chi connectivity index (χ0v) is 71.8. The Kier molecular flexibility index (Phi) is 25.8. The Morgan fingerprint density at radius 2 is 0.558 bits per heavy atom. The molecule has 16 amide bonds. The number of aryl methyl sites for hydroxylation is 4. The van der Waals surface area contributed by atoms with Crippen LogP contribution < -0.4 is 62.1 Å². The number of imide groups is 4. The van der Waals surface area contributed by atoms with Gasteiger partial charge < -0.3 is 42.5 Å². The number of piperidine rings is 4. The Labute approximate surface area is 708 Å². The van der Waals surface area contributed by atoms with Crippen molar-refractivity contribution in [1.82, 2.24) is 80.7 Å². The van der Waals surface area contributed by atoms with Gasteiger partial charge in [0.25, 0.3) is 23.6 Å². The van der Waals surface area contributed by atoms with Crippen LogP contribution in [0.1, 0.15) is 173 Å². The van der Waals surface area contributed by atoms with Gasteiger partial charge in [0.2, 0.25) is 23.6 Å². The van der Waals surface area contributed by atoms with Gasteiger partial charge in [-0.25, -0.2) is 58.7 Å². The third-order valence-corrected chi connectivity index (χ3v) is 27.2. The van der Waals surface area contributed by atoms with Gasteiger partial charge >= 0.3 is 24.1 Å². The van der Waals surface area contributed by atoms with Crippen LogP contribution in [0.15, 0.2) is 98.1 Å². The van der Waals surface area contributed by atoms with E-state index in [2.05, 4.69) is 130 Å². The summed E-state index contributed by atoms with van der Waals surface area (Å²) >= 11 is 5.80. The Morgan fingerprint density at radius 3 is 0.767 bits per heavy atom. The van der Waals surface area contributed by atoms with E-state index in [0.717, 1.165) is 42.3 Å². The zero-order chi connectivity index (χ0) is 85.9. The number of carbonyl (C=O) groups excluding carboxylic acids is 12. The number of aromatic nitrogens is 8. The number of nitrogens with zero attached hydrogens (tertiary/aromatic N) is 16. The van der Waals surface area contributed by atoms with Gasteiger partial charge in [0.15, 0.2) is 20.5 Å². The van der Waals surface area contributed by atoms with Crippen molar-refractivity contribution in [2.75, 3.05) is 93.2 Å². The van der Waals surface area contributed by atoms with Crippen molar-refractivity contribution in [3.05, 3.63) is 140 Å². The monoisotopic (exact) mass is 1710 g/mol. The van der Waals surface area contributed by atoms with Crippen LogP contribution in [0.3, 0.4) is 0 Å². The van der Waals surface area contributed by atoms with E-state index in [4.69, 9.17) is 0 Å². The number of likely N-dealkylation sites (tertiary alicyclic amines) is 4. The van der Waals surface area contributed by atoms with Crippen molar-refractivity contribution in [2.45, 2.75) is 181 Å². The van der Waals surface area contributed by atoms with E-state index in [0.29, 0.717) is 147 Å². The van der Waals surface area contributed by atoms with E-state index in [1.54, 1.807) is 98.1 Å². The summed E-state index contributed by atoms with van der Waals surface area (Å²) in [4.78, 5) is 200. The highest BCUT2D eigenvalue weighted by atomic mass is 32.1. The normalized spacial score (nSPS) is 19.8. The molecule has 0 saturated carbocycles. The van der Waals surface area contributed by atoms with E-state index < -0.39 is 34.2 Å². The molecule has 8 aromatic rings. The quantitative estimate of drug-likeness (QED) is 0.0417. The van der Waals surface area contributed by atoms with E-state index in [1.165, 1.54) is 92.6 Å². The van der Waals surface area contributed by atoms with Crippen LogP contribution in [-0.2, 0) is 38.4 Å². The summed E-state index contributed by atoms with van der Waals surface area (Å²) in [5.41, 5.74) is 1.78. The highest BCUT2D eigenvalue weighted by molar-refractivity contribution is 7.16. The molecule has 16 heterocycles. The van der Waals surface area contributed by atoms with Gasteiger partial charge in [-0.15, -0.1) is 45.3 Å². The fraction of sp³-hybridized carbons (Fsp3) is 0.450. The lowest BCUT2D eigenvalue weighted by Gasteiger charge is -2.39. The Hall–Kier alpha value is -11.4. The molecule has 632 valence electrons. The first-order chi connectivity index (χ1) is 57.1. The van der Waals surface area contributed by atoms with E-state index >= 15 is 0 Å². The summed E-state index contributed by atoms with van der Waals surface area (Å²) < 4.78 is 0. The molecule has 0 bridgehead atoms. The number of carbonyl (C=O) groups is 12. The number of hydrogen-bond donors (Lipinski definition) is 8. The maximum atomic E-state index is 13.2. The summed E-state index contributed by atoms with van der Waals surface area (Å²) in [6.07, 6.45) is 17.7. The molecule has 0 unspecified atom stereocenters. The smallest absolute Gasteiger partial charge is 0.323 e. The molecule has 8 aliphatic heterocycles. The summed E-state index contributed by atoms with van der Waals surface area (Å²) in [6.45, 7) is 26.9. The van der Waals surface area contributed by atoms with Gasteiger partial charge in [-0.2, -0.15) is 0 Å². The molecule has 0 radical (unpaired) electrons. The topological polar surface area (TPSA) is 430 Å². The largest absolute Gasteiger partial charge is 0.329 e. The van der Waals surface area contributed by atoms with Crippen LogP contribution in [0.2, 0.25) is 0 Å². The number of nitrogens with one attached hydrogen (secondary N) is 8. The van der Waals surface area contributed by atoms with E-state index in [1.807, 2.05) is 27.7 Å². The number of amides is 16. The fourth-order valence-corrected chi connectivity index (χ4v) is 19.7. The van der Waals surface area contributed by atoms with Gasteiger partial charge in [0.05, 0.1) is 35.1 Å². The van der Waals surface area contributed by atoms with Gasteiger partial charge in [0, 0.05) is 184 Å². The SMILES string of the molecule is CC(=O)Nc1ncc([C@@H](C)N2CCC3(CC2)NC(=O)N(c2ccc(C)nc2)C3=O)s1.CC(=O)Nc1ncc([C@@H](C)N2CCC3(CC2)NC(=O)N(c2ccnc(C)c2)C3=O)s1.CC(=O)Nc1ncc([C@H](C)N2CCC3(CC2)NC(=O)N(c2ccc(C)nc2)C3=O)s1.CC(=O)Nc1ncc([C@H](C)N2CCC3(CC2)NC(=O)N(c2ccnc(C)c2)C3=O)s1. The number of urea groups is 4. The molecule has 8 aliphatic rings. The predicted molar refractivity (Wildman–Crippen MR) is 453 cm³/mol. The van der Waals surface area contributed by atoms with Gasteiger partial charge in [0.1, 0.15) is 22.2 Å². The van der Waals surface area contributed by atoms with Crippen molar-refractivity contribution >= 4 is 160 Å². The second-order valence-corrected chi connectivity index (χ2v) is 35.3. The highest BCUT2D eigenvalue weighted by Crippen LogP contribution is 2.43. The number of thiazole rings is 4. The Bertz CT molecular complexity index is 4920. The first kappa shape index (κ1) is 86.4. The number of hydrogen-bond acceptors (Lipinski definition) is 28. The molecule has 8 fully saturated rings. The Morgan fingerprint density at radius 1 is 0.325 bits per heavy atom. The molecule has 36 nitrogen and oxygen atoms in total. The third kappa shape index (κ3) is 18.6. The van der Waals surface area contributed by atoms with Crippen LogP contribution in [0.25, 0.3) is 0 Å². The van der Waals surface area contributed by atoms with Crippen LogP contribution >= 0.6 is 45.3 Å². The van der Waals surface area contributed by atoms with Gasteiger partial charge in [-0.3, -0.25) is 77.9 Å². The Balaban J connectivity index is 0.000000138. The first-order valence-corrected chi connectivity index (χ1v) is 42.7. The molecule has 40 heteroatoms. The molecule has 8 saturated heterocycles. The molecule has 120 heavy (non-hydrogen) atoms. The molecule has 4 spiro atoms. The van der Waals surface area contributed by atoms with Crippen molar-refractivity contribution < 1.29 is 57.5 Å². The highest BCUT2D eigenvalue weighted by Gasteiger charge is 2.57. The lowest BCUT2D eigenvalue weighted by Crippen LogP contribution is -2.55. The zero-order valence-electron chi connectivity index (χ0n) is 68.5. The maximum Gasteiger partial charge on any atom is 0.329 e. The molecular weight excluding hydrogens is 1620 g/mol. The van der Waals surface area contributed by atoms with E-state index in [9.17, 15) is 57.5 Å². The number of anilines is 8. The molecule has 8 N–H and O–H groups in total. The second kappa shape index (κ2) is 35.9. The molecule has 8 aromatic heterocycles. The summed E-state index contributed by atoms with van der Waals surface area (Å²) in [6, 6.07) is 12.8. The number of pyridine rings is 4. The molecule has 0 aromatic carbocycles. The van der Waals surface area contributed by atoms with Crippen molar-refractivity contribution in [1.29, 1.82) is 0 Å².